The van der Waals surface area contributed by atoms with E-state index in [0.717, 1.165) is 0 Å². The van der Waals surface area contributed by atoms with E-state index in [4.69, 9.17) is 47.4 Å². The number of ketones is 2. The summed E-state index contributed by atoms with van der Waals surface area (Å²) in [5.41, 5.74) is 0.0982. The van der Waals surface area contributed by atoms with E-state index in [-0.39, 0.29) is 71.0 Å². The van der Waals surface area contributed by atoms with Crippen LogP contribution in [0, 0.1) is 0 Å². The lowest BCUT2D eigenvalue weighted by Gasteiger charge is -2.43. The van der Waals surface area contributed by atoms with E-state index in [1.807, 2.05) is 0 Å². The SMILES string of the molecule is CC(=O)C=CCCC(=O)OC1C2COC(=O)c3ccc(cc3)OC3OC(COC(=O)c4ccc(cc4)OC(O2)C(OC(=O)c2ccccc2)C1O)C(OC(=O)CCC=CC(C)=O)C(O)C3OC(=O)c1ccccc1. The molecule has 74 heavy (non-hydrogen) atoms. The summed E-state index contributed by atoms with van der Waals surface area (Å²) in [6, 6.07) is 26.1. The van der Waals surface area contributed by atoms with Gasteiger partial charge in [-0.2, -0.15) is 0 Å². The summed E-state index contributed by atoms with van der Waals surface area (Å²) in [6.45, 7) is 1.35. The Labute approximate surface area is 423 Å². The Morgan fingerprint density at radius 1 is 0.514 bits per heavy atom. The molecule has 6 heterocycles. The van der Waals surface area contributed by atoms with Crippen LogP contribution in [0.3, 0.4) is 0 Å². The van der Waals surface area contributed by atoms with Crippen molar-refractivity contribution in [3.63, 3.8) is 0 Å². The van der Waals surface area contributed by atoms with Crippen LogP contribution in [0.2, 0.25) is 0 Å². The lowest BCUT2D eigenvalue weighted by molar-refractivity contribution is -0.280. The molecule has 0 aliphatic carbocycles. The third-order valence-electron chi connectivity index (χ3n) is 11.5. The van der Waals surface area contributed by atoms with Crippen molar-refractivity contribution in [2.24, 2.45) is 0 Å². The molecule has 2 fully saturated rings. The van der Waals surface area contributed by atoms with Gasteiger partial charge in [0, 0.05) is 12.8 Å². The topological polar surface area (TPSA) is 269 Å². The van der Waals surface area contributed by atoms with Gasteiger partial charge < -0.3 is 57.6 Å². The monoisotopic (exact) mass is 1020 g/mol. The van der Waals surface area contributed by atoms with Gasteiger partial charge in [-0.15, -0.1) is 0 Å². The van der Waals surface area contributed by atoms with E-state index in [0.29, 0.717) is 0 Å². The number of aliphatic hydroxyl groups is 2. The van der Waals surface area contributed by atoms with E-state index < -0.39 is 110 Å². The maximum absolute atomic E-state index is 13.7. The Morgan fingerprint density at radius 2 is 0.878 bits per heavy atom. The molecule has 0 amide bonds. The quantitative estimate of drug-likeness (QED) is 0.0978. The summed E-state index contributed by atoms with van der Waals surface area (Å²) in [5.74, 6) is -5.82. The molecule has 10 unspecified atom stereocenters. The fourth-order valence-corrected chi connectivity index (χ4v) is 7.73. The Morgan fingerprint density at radius 3 is 1.23 bits per heavy atom. The Kier molecular flexibility index (Phi) is 18.6. The molecular weight excluding hydrogens is 969 g/mol. The van der Waals surface area contributed by atoms with Crippen LogP contribution >= 0.6 is 0 Å². The first-order valence-electron chi connectivity index (χ1n) is 23.4. The first-order chi connectivity index (χ1) is 35.6. The van der Waals surface area contributed by atoms with Crippen LogP contribution in [0.25, 0.3) is 0 Å². The van der Waals surface area contributed by atoms with Gasteiger partial charge in [0.2, 0.25) is 12.6 Å². The van der Waals surface area contributed by atoms with Gasteiger partial charge in [0.05, 0.1) is 22.3 Å². The second kappa shape index (κ2) is 25.6. The molecule has 388 valence electrons. The fraction of sp³-hybridized carbons (Fsp3) is 0.333. The van der Waals surface area contributed by atoms with Gasteiger partial charge in [-0.05, 0) is 112 Å². The normalized spacial score (nSPS) is 24.9. The number of rotatable bonds is 14. The number of carbonyl (C=O) groups excluding carboxylic acids is 8. The molecule has 8 bridgehead atoms. The molecule has 0 saturated carbocycles. The highest BCUT2D eigenvalue weighted by Crippen LogP contribution is 2.33. The van der Waals surface area contributed by atoms with Crippen molar-refractivity contribution >= 4 is 47.4 Å². The summed E-state index contributed by atoms with van der Waals surface area (Å²) >= 11 is 0. The molecule has 2 N–H and O–H groups in total. The van der Waals surface area contributed by atoms with Crippen molar-refractivity contribution in [2.45, 2.75) is 101 Å². The molecule has 6 aliphatic rings. The van der Waals surface area contributed by atoms with Crippen molar-refractivity contribution in [3.8, 4) is 11.5 Å². The van der Waals surface area contributed by atoms with Gasteiger partial charge in [0.15, 0.2) is 36.0 Å². The number of aliphatic hydroxyl groups excluding tert-OH is 2. The number of ether oxygens (including phenoxy) is 10. The van der Waals surface area contributed by atoms with Crippen molar-refractivity contribution in [1.29, 1.82) is 0 Å². The minimum Gasteiger partial charge on any atom is -0.461 e. The summed E-state index contributed by atoms with van der Waals surface area (Å²) in [5, 5.41) is 23.9. The highest BCUT2D eigenvalue weighted by molar-refractivity contribution is 5.91. The minimum absolute atomic E-state index is 0.00475. The number of hydrogen-bond acceptors (Lipinski definition) is 20. The van der Waals surface area contributed by atoms with Crippen LogP contribution < -0.4 is 9.47 Å². The molecule has 0 spiro atoms. The van der Waals surface area contributed by atoms with Crippen molar-refractivity contribution in [2.75, 3.05) is 13.2 Å². The van der Waals surface area contributed by atoms with E-state index >= 15 is 0 Å². The smallest absolute Gasteiger partial charge is 0.338 e. The van der Waals surface area contributed by atoms with Gasteiger partial charge in [-0.3, -0.25) is 19.2 Å². The zero-order valence-corrected chi connectivity index (χ0v) is 40.0. The average molecular weight is 1020 g/mol. The van der Waals surface area contributed by atoms with Crippen LogP contribution in [0.4, 0.5) is 0 Å². The molecule has 0 radical (unpaired) electrons. The lowest BCUT2D eigenvalue weighted by Crippen LogP contribution is -2.62. The highest BCUT2D eigenvalue weighted by Gasteiger charge is 2.53. The van der Waals surface area contributed by atoms with E-state index in [2.05, 4.69) is 0 Å². The number of allylic oxidation sites excluding steroid dienone is 4. The predicted octanol–water partition coefficient (Wildman–Crippen LogP) is 4.77. The first kappa shape index (κ1) is 53.8. The molecule has 10 rings (SSSR count). The van der Waals surface area contributed by atoms with Gasteiger partial charge in [0.1, 0.15) is 49.1 Å². The number of carbonyl (C=O) groups is 8. The second-order valence-electron chi connectivity index (χ2n) is 17.0. The van der Waals surface area contributed by atoms with Crippen LogP contribution in [-0.4, -0.2) is 132 Å². The van der Waals surface area contributed by atoms with Gasteiger partial charge >= 0.3 is 35.8 Å². The standard InChI is InChI=1S/C54H52O20/c1-31(55)13-9-11-19-41(57)71-45-39-29-65-49(61)35-21-27-38(28-22-35)68-54-48(74-52(64)34-17-7-4-8-18-34)44(60)46(72-42(58)20-12-10-14-32(2)56)40(70-54)30-66-50(62)36-23-25-37(26-24-36)67-53(69-39)47(43(45)59)73-51(63)33-15-5-3-6-16-33/h3-10,13-18,21-28,39-40,43-48,53-54,59-60H,11-12,19-20,29-30H2,1-2H3. The van der Waals surface area contributed by atoms with Crippen molar-refractivity contribution < 1.29 is 95.9 Å². The van der Waals surface area contributed by atoms with Gasteiger partial charge in [-0.25, -0.2) is 19.2 Å². The molecule has 10 atom stereocenters. The molecule has 20 nitrogen and oxygen atoms in total. The van der Waals surface area contributed by atoms with E-state index in [1.54, 1.807) is 36.4 Å². The van der Waals surface area contributed by atoms with E-state index in [1.165, 1.54) is 111 Å². The summed E-state index contributed by atoms with van der Waals surface area (Å²) in [4.78, 5) is 104. The fourth-order valence-electron chi connectivity index (χ4n) is 7.73. The van der Waals surface area contributed by atoms with Crippen LogP contribution in [0.15, 0.2) is 133 Å². The van der Waals surface area contributed by atoms with Crippen LogP contribution in [0.1, 0.15) is 81.0 Å². The highest BCUT2D eigenvalue weighted by atomic mass is 16.7. The summed E-state index contributed by atoms with van der Waals surface area (Å²) in [7, 11) is 0. The number of benzene rings is 4. The largest absolute Gasteiger partial charge is 0.461 e. The van der Waals surface area contributed by atoms with Crippen molar-refractivity contribution in [3.05, 3.63) is 156 Å². The summed E-state index contributed by atoms with van der Waals surface area (Å²) in [6.07, 6.45) is -11.4. The predicted molar refractivity (Wildman–Crippen MR) is 253 cm³/mol. The summed E-state index contributed by atoms with van der Waals surface area (Å²) < 4.78 is 59.0. The molecule has 6 aliphatic heterocycles. The van der Waals surface area contributed by atoms with Gasteiger partial charge in [-0.1, -0.05) is 48.6 Å². The maximum atomic E-state index is 13.7. The Hall–Kier alpha value is -8.04. The first-order valence-corrected chi connectivity index (χ1v) is 23.4. The Bertz CT molecular complexity index is 2500. The molecule has 20 heteroatoms. The average Bonchev–Trinajstić information content (AvgIpc) is 3.39. The minimum atomic E-state index is -1.86. The van der Waals surface area contributed by atoms with Gasteiger partial charge in [0.25, 0.3) is 0 Å². The molecule has 0 aromatic heterocycles. The zero-order valence-electron chi connectivity index (χ0n) is 40.0. The second-order valence-corrected chi connectivity index (χ2v) is 17.0. The van der Waals surface area contributed by atoms with Crippen molar-refractivity contribution in [1.82, 2.24) is 0 Å². The maximum Gasteiger partial charge on any atom is 0.338 e. The molecule has 2 saturated heterocycles. The lowest BCUT2D eigenvalue weighted by atomic mass is 9.98. The molecular formula is C54H52O20. The number of esters is 6. The number of hydrogen-bond donors (Lipinski definition) is 2. The third-order valence-corrected chi connectivity index (χ3v) is 11.5. The van der Waals surface area contributed by atoms with Crippen LogP contribution in [0.5, 0.6) is 11.5 Å². The molecule has 4 aromatic rings. The Balaban J connectivity index is 1.20. The molecule has 4 aromatic carbocycles. The van der Waals surface area contributed by atoms with E-state index in [9.17, 15) is 48.6 Å². The van der Waals surface area contributed by atoms with Crippen LogP contribution in [-0.2, 0) is 57.1 Å². The third kappa shape index (κ3) is 14.6. The zero-order chi connectivity index (χ0) is 52.7.